The van der Waals surface area contributed by atoms with Gasteiger partial charge in [-0.15, -0.1) is 0 Å². The molecule has 4 heteroatoms. The zero-order chi connectivity index (χ0) is 8.97. The quantitative estimate of drug-likeness (QED) is 0.664. The standard InChI is InChI=1S/C8H11N3O/c1-7(2)8(12)9-6-11-5-3-4-10-11/h3-5H,1,6H2,2H3,(H,9,12). The van der Waals surface area contributed by atoms with E-state index in [0.29, 0.717) is 12.2 Å². The highest BCUT2D eigenvalue weighted by atomic mass is 16.1. The molecule has 1 heterocycles. The number of hydrogen-bond acceptors (Lipinski definition) is 2. The molecule has 0 aromatic carbocycles. The Hall–Kier alpha value is -1.58. The molecular weight excluding hydrogens is 154 g/mol. The highest BCUT2D eigenvalue weighted by Crippen LogP contribution is 1.86. The van der Waals surface area contributed by atoms with Crippen LogP contribution in [0.3, 0.4) is 0 Å². The molecule has 0 aliphatic rings. The molecule has 0 unspecified atom stereocenters. The maximum atomic E-state index is 11.0. The van der Waals surface area contributed by atoms with Gasteiger partial charge in [-0.05, 0) is 13.0 Å². The number of carbonyl (C=O) groups excluding carboxylic acids is 1. The van der Waals surface area contributed by atoms with Gasteiger partial charge < -0.3 is 5.32 Å². The van der Waals surface area contributed by atoms with Gasteiger partial charge in [0.25, 0.3) is 0 Å². The van der Waals surface area contributed by atoms with Crippen LogP contribution in [0.2, 0.25) is 0 Å². The van der Waals surface area contributed by atoms with Crippen LogP contribution in [-0.2, 0) is 11.5 Å². The maximum absolute atomic E-state index is 11.0. The molecule has 0 aliphatic heterocycles. The highest BCUT2D eigenvalue weighted by molar-refractivity contribution is 5.91. The molecule has 0 radical (unpaired) electrons. The van der Waals surface area contributed by atoms with Gasteiger partial charge in [-0.1, -0.05) is 6.58 Å². The molecule has 1 rings (SSSR count). The van der Waals surface area contributed by atoms with E-state index in [2.05, 4.69) is 17.0 Å². The summed E-state index contributed by atoms with van der Waals surface area (Å²) in [6, 6.07) is 1.80. The second kappa shape index (κ2) is 3.71. The van der Waals surface area contributed by atoms with Crippen LogP contribution in [0.1, 0.15) is 6.92 Å². The molecule has 0 saturated carbocycles. The predicted octanol–water partition coefficient (Wildman–Crippen LogP) is 0.533. The molecule has 0 fully saturated rings. The van der Waals surface area contributed by atoms with Gasteiger partial charge in [-0.2, -0.15) is 5.10 Å². The lowest BCUT2D eigenvalue weighted by atomic mass is 10.3. The summed E-state index contributed by atoms with van der Waals surface area (Å²) in [4.78, 5) is 11.0. The van der Waals surface area contributed by atoms with Crippen LogP contribution < -0.4 is 5.32 Å². The van der Waals surface area contributed by atoms with Gasteiger partial charge in [0.1, 0.15) is 6.67 Å². The lowest BCUT2D eigenvalue weighted by molar-refractivity contribution is -0.117. The van der Waals surface area contributed by atoms with Crippen molar-refractivity contribution in [2.45, 2.75) is 13.6 Å². The smallest absolute Gasteiger partial charge is 0.247 e. The number of aromatic nitrogens is 2. The molecule has 1 aromatic rings. The number of amides is 1. The van der Waals surface area contributed by atoms with Crippen molar-refractivity contribution >= 4 is 5.91 Å². The Morgan fingerprint density at radius 3 is 3.00 bits per heavy atom. The first-order valence-electron chi connectivity index (χ1n) is 3.61. The van der Waals surface area contributed by atoms with E-state index in [4.69, 9.17) is 0 Å². The van der Waals surface area contributed by atoms with Crippen LogP contribution in [0.4, 0.5) is 0 Å². The molecular formula is C8H11N3O. The van der Waals surface area contributed by atoms with E-state index in [-0.39, 0.29) is 5.91 Å². The minimum atomic E-state index is -0.148. The lowest BCUT2D eigenvalue weighted by Crippen LogP contribution is -2.26. The van der Waals surface area contributed by atoms with Crippen molar-refractivity contribution < 1.29 is 4.79 Å². The second-order valence-electron chi connectivity index (χ2n) is 2.49. The Morgan fingerprint density at radius 1 is 1.75 bits per heavy atom. The fraction of sp³-hybridized carbons (Fsp3) is 0.250. The molecule has 1 N–H and O–H groups in total. The normalized spacial score (nSPS) is 9.42. The van der Waals surface area contributed by atoms with Crippen molar-refractivity contribution in [2.75, 3.05) is 0 Å². The molecule has 0 spiro atoms. The van der Waals surface area contributed by atoms with E-state index >= 15 is 0 Å². The summed E-state index contributed by atoms with van der Waals surface area (Å²) in [5, 5.41) is 6.57. The third-order valence-electron chi connectivity index (χ3n) is 1.35. The van der Waals surface area contributed by atoms with Crippen molar-refractivity contribution in [1.82, 2.24) is 15.1 Å². The monoisotopic (exact) mass is 165 g/mol. The van der Waals surface area contributed by atoms with Crippen molar-refractivity contribution in [1.29, 1.82) is 0 Å². The van der Waals surface area contributed by atoms with Gasteiger partial charge in [-0.25, -0.2) is 0 Å². The minimum absolute atomic E-state index is 0.148. The maximum Gasteiger partial charge on any atom is 0.247 e. The first-order valence-corrected chi connectivity index (χ1v) is 3.61. The van der Waals surface area contributed by atoms with E-state index in [0.717, 1.165) is 0 Å². The molecule has 64 valence electrons. The topological polar surface area (TPSA) is 46.9 Å². The lowest BCUT2D eigenvalue weighted by Gasteiger charge is -2.03. The molecule has 0 aliphatic carbocycles. The van der Waals surface area contributed by atoms with Gasteiger partial charge in [0.05, 0.1) is 0 Å². The van der Waals surface area contributed by atoms with Gasteiger partial charge >= 0.3 is 0 Å². The summed E-state index contributed by atoms with van der Waals surface area (Å²) in [6.07, 6.45) is 3.44. The van der Waals surface area contributed by atoms with Crippen LogP contribution in [0.15, 0.2) is 30.6 Å². The average molecular weight is 165 g/mol. The summed E-state index contributed by atoms with van der Waals surface area (Å²) < 4.78 is 1.63. The first kappa shape index (κ1) is 8.52. The molecule has 1 aromatic heterocycles. The van der Waals surface area contributed by atoms with Crippen molar-refractivity contribution in [3.8, 4) is 0 Å². The fourth-order valence-electron chi connectivity index (χ4n) is 0.698. The Kier molecular flexibility index (Phi) is 2.63. The van der Waals surface area contributed by atoms with Gasteiger partial charge in [0, 0.05) is 18.0 Å². The number of carbonyl (C=O) groups is 1. The van der Waals surface area contributed by atoms with Crippen LogP contribution in [0, 0.1) is 0 Å². The van der Waals surface area contributed by atoms with Crippen LogP contribution in [-0.4, -0.2) is 15.7 Å². The predicted molar refractivity (Wildman–Crippen MR) is 45.2 cm³/mol. The van der Waals surface area contributed by atoms with E-state index in [1.165, 1.54) is 0 Å². The number of rotatable bonds is 3. The Labute approximate surface area is 70.9 Å². The Bertz CT molecular complexity index is 277. The number of nitrogens with one attached hydrogen (secondary N) is 1. The van der Waals surface area contributed by atoms with E-state index in [1.54, 1.807) is 30.1 Å². The van der Waals surface area contributed by atoms with E-state index in [9.17, 15) is 4.79 Å². The summed E-state index contributed by atoms with van der Waals surface area (Å²) in [5.41, 5.74) is 0.502. The third kappa shape index (κ3) is 2.23. The van der Waals surface area contributed by atoms with E-state index < -0.39 is 0 Å². The number of hydrogen-bond donors (Lipinski definition) is 1. The zero-order valence-corrected chi connectivity index (χ0v) is 6.95. The molecule has 0 bridgehead atoms. The average Bonchev–Trinajstić information content (AvgIpc) is 2.51. The van der Waals surface area contributed by atoms with Crippen LogP contribution in [0.25, 0.3) is 0 Å². The molecule has 0 atom stereocenters. The second-order valence-corrected chi connectivity index (χ2v) is 2.49. The minimum Gasteiger partial charge on any atom is -0.333 e. The van der Waals surface area contributed by atoms with Crippen molar-refractivity contribution in [2.24, 2.45) is 0 Å². The largest absolute Gasteiger partial charge is 0.333 e. The summed E-state index contributed by atoms with van der Waals surface area (Å²) in [5.74, 6) is -0.148. The SMILES string of the molecule is C=C(C)C(=O)NCn1cccn1. The fourth-order valence-corrected chi connectivity index (χ4v) is 0.698. The van der Waals surface area contributed by atoms with Gasteiger partial charge in [-0.3, -0.25) is 9.48 Å². The third-order valence-corrected chi connectivity index (χ3v) is 1.35. The summed E-state index contributed by atoms with van der Waals surface area (Å²) in [7, 11) is 0. The Balaban J connectivity index is 2.37. The van der Waals surface area contributed by atoms with Crippen LogP contribution in [0.5, 0.6) is 0 Å². The summed E-state index contributed by atoms with van der Waals surface area (Å²) in [6.45, 7) is 5.57. The Morgan fingerprint density at radius 2 is 2.50 bits per heavy atom. The van der Waals surface area contributed by atoms with Crippen molar-refractivity contribution in [3.05, 3.63) is 30.6 Å². The van der Waals surface area contributed by atoms with Gasteiger partial charge in [0.2, 0.25) is 5.91 Å². The summed E-state index contributed by atoms with van der Waals surface area (Å²) >= 11 is 0. The zero-order valence-electron chi connectivity index (χ0n) is 6.95. The first-order chi connectivity index (χ1) is 5.70. The molecule has 1 amide bonds. The molecule has 0 saturated heterocycles. The van der Waals surface area contributed by atoms with Crippen LogP contribution >= 0.6 is 0 Å². The highest BCUT2D eigenvalue weighted by Gasteiger charge is 1.99. The number of nitrogens with zero attached hydrogens (tertiary/aromatic N) is 2. The molecule has 4 nitrogen and oxygen atoms in total. The van der Waals surface area contributed by atoms with Gasteiger partial charge in [0.15, 0.2) is 0 Å². The van der Waals surface area contributed by atoms with Crippen molar-refractivity contribution in [3.63, 3.8) is 0 Å². The molecule has 12 heavy (non-hydrogen) atoms. The van der Waals surface area contributed by atoms with E-state index in [1.807, 2.05) is 0 Å².